The highest BCUT2D eigenvalue weighted by Gasteiger charge is 2.64. The molecule has 0 aromatic carbocycles. The average Bonchev–Trinajstić information content (AvgIpc) is 3.00. The van der Waals surface area contributed by atoms with Crippen molar-refractivity contribution < 1.29 is 24.9 Å². The van der Waals surface area contributed by atoms with Gasteiger partial charge in [-0.2, -0.15) is 0 Å². The Kier molecular flexibility index (Phi) is 4.41. The minimum atomic E-state index is -0.595. The first-order chi connectivity index (χ1) is 12.4. The fourth-order valence-electron chi connectivity index (χ4n) is 7.36. The monoisotopic (exact) mass is 362 g/mol. The van der Waals surface area contributed by atoms with Gasteiger partial charge >= 0.3 is 0 Å². The molecule has 3 saturated carbocycles. The van der Waals surface area contributed by atoms with E-state index in [0.717, 1.165) is 25.7 Å². The van der Waals surface area contributed by atoms with Crippen LogP contribution in [0.15, 0.2) is 11.6 Å². The molecule has 4 rings (SSSR count). The normalized spacial score (nSPS) is 47.6. The predicted molar refractivity (Wildman–Crippen MR) is 95.1 cm³/mol. The van der Waals surface area contributed by atoms with Gasteiger partial charge in [-0.1, -0.05) is 12.5 Å². The van der Waals surface area contributed by atoms with Crippen LogP contribution in [0.2, 0.25) is 0 Å². The highest BCUT2D eigenvalue weighted by Crippen LogP contribution is 2.66. The average molecular weight is 362 g/mol. The number of hydrogen-bond acceptors (Lipinski definition) is 5. The van der Waals surface area contributed by atoms with Crippen molar-refractivity contribution in [3.8, 4) is 0 Å². The van der Waals surface area contributed by atoms with Crippen molar-refractivity contribution in [1.29, 1.82) is 0 Å². The van der Waals surface area contributed by atoms with Gasteiger partial charge in [-0.3, -0.25) is 9.59 Å². The van der Waals surface area contributed by atoms with E-state index in [9.17, 15) is 24.9 Å². The van der Waals surface area contributed by atoms with Crippen LogP contribution in [0.4, 0.5) is 0 Å². The summed E-state index contributed by atoms with van der Waals surface area (Å²) in [6, 6.07) is 0. The lowest BCUT2D eigenvalue weighted by atomic mass is 9.45. The Labute approximate surface area is 154 Å². The maximum atomic E-state index is 12.3. The molecule has 0 radical (unpaired) electrons. The van der Waals surface area contributed by atoms with Gasteiger partial charge in [0, 0.05) is 24.4 Å². The van der Waals surface area contributed by atoms with E-state index in [2.05, 4.69) is 6.92 Å². The second kappa shape index (κ2) is 6.25. The molecular weight excluding hydrogens is 332 g/mol. The number of Topliss-reactive ketones (excluding diaryl/α,β-unsaturated/α-hetero) is 1. The van der Waals surface area contributed by atoms with Crippen LogP contribution in [0.1, 0.15) is 51.9 Å². The summed E-state index contributed by atoms with van der Waals surface area (Å²) in [5.41, 5.74) is 0.436. The largest absolute Gasteiger partial charge is 0.396 e. The molecule has 0 unspecified atom stereocenters. The van der Waals surface area contributed by atoms with Gasteiger partial charge in [0.1, 0.15) is 6.61 Å². The zero-order valence-corrected chi connectivity index (χ0v) is 15.5. The molecule has 144 valence electrons. The lowest BCUT2D eigenvalue weighted by Gasteiger charge is -2.60. The third kappa shape index (κ3) is 2.33. The molecule has 3 fully saturated rings. The highest BCUT2D eigenvalue weighted by molar-refractivity contribution is 5.91. The number of carbonyl (C=O) groups is 2. The van der Waals surface area contributed by atoms with E-state index in [1.54, 1.807) is 0 Å². The van der Waals surface area contributed by atoms with Crippen LogP contribution in [0.5, 0.6) is 0 Å². The Bertz CT molecular complexity index is 655. The minimum absolute atomic E-state index is 0.0863. The minimum Gasteiger partial charge on any atom is -0.396 e. The quantitative estimate of drug-likeness (QED) is 0.709. The summed E-state index contributed by atoms with van der Waals surface area (Å²) >= 11 is 0. The number of allylic oxidation sites excluding steroid dienone is 1. The standard InChI is InChI=1S/C21H30O5/c1-20-7-6-13(24)8-12(20)2-3-14-15-4-5-16(18(26)10-22)21(15,11-23)9-17(25)19(14)20/h8,14-17,19,22-23,25H,2-7,9-11H2,1H3/t14-,15-,16+,17-,19+,20-,21+/m0/s1. The van der Waals surface area contributed by atoms with Crippen molar-refractivity contribution in [3.05, 3.63) is 11.6 Å². The molecule has 4 aliphatic rings. The Morgan fingerprint density at radius 1 is 1.23 bits per heavy atom. The summed E-state index contributed by atoms with van der Waals surface area (Å²) in [6.07, 6.45) is 6.31. The van der Waals surface area contributed by atoms with E-state index < -0.39 is 18.1 Å². The van der Waals surface area contributed by atoms with E-state index in [0.29, 0.717) is 19.3 Å². The molecule has 4 aliphatic carbocycles. The topological polar surface area (TPSA) is 94.8 Å². The van der Waals surface area contributed by atoms with Crippen LogP contribution in [-0.2, 0) is 9.59 Å². The van der Waals surface area contributed by atoms with E-state index in [4.69, 9.17) is 0 Å². The maximum absolute atomic E-state index is 12.3. The molecule has 0 saturated heterocycles. The van der Waals surface area contributed by atoms with Crippen LogP contribution < -0.4 is 0 Å². The third-order valence-corrected chi connectivity index (χ3v) is 8.46. The molecule has 26 heavy (non-hydrogen) atoms. The SMILES string of the molecule is C[C@]12CCC(=O)C=C1CC[C@@H]1[C@@H]2[C@@H](O)C[C@]2(CO)[C@@H](C(=O)CO)CC[C@@H]12. The van der Waals surface area contributed by atoms with Gasteiger partial charge in [-0.05, 0) is 67.8 Å². The number of carbonyl (C=O) groups excluding carboxylic acids is 2. The van der Waals surface area contributed by atoms with Crippen LogP contribution in [0.3, 0.4) is 0 Å². The molecule has 5 nitrogen and oxygen atoms in total. The molecule has 0 heterocycles. The van der Waals surface area contributed by atoms with Crippen molar-refractivity contribution in [1.82, 2.24) is 0 Å². The summed E-state index contributed by atoms with van der Waals surface area (Å²) in [4.78, 5) is 24.2. The van der Waals surface area contributed by atoms with E-state index in [1.165, 1.54) is 5.57 Å². The molecule has 0 aromatic heterocycles. The molecule has 0 aliphatic heterocycles. The molecule has 0 bridgehead atoms. The second-order valence-corrected chi connectivity index (χ2v) is 9.31. The third-order valence-electron chi connectivity index (χ3n) is 8.46. The highest BCUT2D eigenvalue weighted by atomic mass is 16.3. The first-order valence-electron chi connectivity index (χ1n) is 10.0. The van der Waals surface area contributed by atoms with E-state index in [-0.39, 0.29) is 47.3 Å². The summed E-state index contributed by atoms with van der Waals surface area (Å²) in [5, 5.41) is 30.9. The first-order valence-corrected chi connectivity index (χ1v) is 10.0. The molecule has 3 N–H and O–H groups in total. The van der Waals surface area contributed by atoms with Gasteiger partial charge in [0.25, 0.3) is 0 Å². The van der Waals surface area contributed by atoms with Gasteiger partial charge in [-0.25, -0.2) is 0 Å². The number of aliphatic hydroxyl groups is 3. The predicted octanol–water partition coefficient (Wildman–Crippen LogP) is 1.64. The van der Waals surface area contributed by atoms with Crippen LogP contribution in [0.25, 0.3) is 0 Å². The van der Waals surface area contributed by atoms with Crippen molar-refractivity contribution in [3.63, 3.8) is 0 Å². The summed E-state index contributed by atoms with van der Waals surface area (Å²) < 4.78 is 0. The zero-order valence-electron chi connectivity index (χ0n) is 15.5. The molecule has 7 atom stereocenters. The Balaban J connectivity index is 1.72. The molecule has 0 amide bonds. The second-order valence-electron chi connectivity index (χ2n) is 9.31. The molecular formula is C21H30O5. The summed E-state index contributed by atoms with van der Waals surface area (Å²) in [5.74, 6) is 0.202. The van der Waals surface area contributed by atoms with Crippen LogP contribution in [0, 0.1) is 34.5 Å². The zero-order chi connectivity index (χ0) is 18.7. The smallest absolute Gasteiger partial charge is 0.161 e. The maximum Gasteiger partial charge on any atom is 0.161 e. The number of rotatable bonds is 3. The fourth-order valence-corrected chi connectivity index (χ4v) is 7.36. The Hall–Kier alpha value is -1.04. The fraction of sp³-hybridized carbons (Fsp3) is 0.810. The Morgan fingerprint density at radius 2 is 2.00 bits per heavy atom. The molecule has 0 spiro atoms. The summed E-state index contributed by atoms with van der Waals surface area (Å²) in [6.45, 7) is 1.60. The number of hydrogen-bond donors (Lipinski definition) is 3. The van der Waals surface area contributed by atoms with E-state index in [1.807, 2.05) is 6.08 Å². The van der Waals surface area contributed by atoms with Crippen molar-refractivity contribution in [2.45, 2.75) is 58.0 Å². The number of ketones is 2. The first kappa shape index (κ1) is 18.3. The van der Waals surface area contributed by atoms with Gasteiger partial charge in [-0.15, -0.1) is 0 Å². The lowest BCUT2D eigenvalue weighted by molar-refractivity contribution is -0.158. The Morgan fingerprint density at radius 3 is 2.69 bits per heavy atom. The van der Waals surface area contributed by atoms with E-state index >= 15 is 0 Å². The van der Waals surface area contributed by atoms with Gasteiger partial charge in [0.2, 0.25) is 0 Å². The van der Waals surface area contributed by atoms with Crippen molar-refractivity contribution in [2.75, 3.05) is 13.2 Å². The van der Waals surface area contributed by atoms with Crippen molar-refractivity contribution >= 4 is 11.6 Å². The summed E-state index contributed by atoms with van der Waals surface area (Å²) in [7, 11) is 0. The molecule has 0 aromatic rings. The number of fused-ring (bicyclic) bond motifs is 5. The lowest BCUT2D eigenvalue weighted by Crippen LogP contribution is -2.59. The van der Waals surface area contributed by atoms with Crippen molar-refractivity contribution in [2.24, 2.45) is 34.5 Å². The number of aliphatic hydroxyl groups excluding tert-OH is 3. The van der Waals surface area contributed by atoms with Gasteiger partial charge in [0.05, 0.1) is 6.10 Å². The van der Waals surface area contributed by atoms with Gasteiger partial charge < -0.3 is 15.3 Å². The van der Waals surface area contributed by atoms with Gasteiger partial charge in [0.15, 0.2) is 11.6 Å². The van der Waals surface area contributed by atoms with Crippen LogP contribution >= 0.6 is 0 Å². The van der Waals surface area contributed by atoms with Crippen LogP contribution in [-0.4, -0.2) is 46.2 Å². The molecule has 5 heteroatoms.